The van der Waals surface area contributed by atoms with Gasteiger partial charge >= 0.3 is 0 Å². The van der Waals surface area contributed by atoms with Gasteiger partial charge in [-0.15, -0.1) is 12.4 Å². The quantitative estimate of drug-likeness (QED) is 0.731. The van der Waals surface area contributed by atoms with E-state index in [0.717, 1.165) is 25.7 Å². The third-order valence-corrected chi connectivity index (χ3v) is 6.80. The van der Waals surface area contributed by atoms with Crippen molar-refractivity contribution in [1.82, 2.24) is 10.0 Å². The van der Waals surface area contributed by atoms with Crippen molar-refractivity contribution < 1.29 is 13.2 Å². The molecule has 25 heavy (non-hydrogen) atoms. The minimum absolute atomic E-state index is 0. The summed E-state index contributed by atoms with van der Waals surface area (Å²) in [4.78, 5) is 12.7. The molecule has 2 bridgehead atoms. The Labute approximate surface area is 155 Å². The fourth-order valence-corrected chi connectivity index (χ4v) is 4.89. The molecule has 2 saturated carbocycles. The van der Waals surface area contributed by atoms with Crippen LogP contribution in [0.4, 0.5) is 0 Å². The van der Waals surface area contributed by atoms with Crippen LogP contribution < -0.4 is 15.8 Å². The highest BCUT2D eigenvalue weighted by Crippen LogP contribution is 2.39. The first kappa shape index (κ1) is 20.2. The summed E-state index contributed by atoms with van der Waals surface area (Å²) in [7, 11) is -2.12. The molecule has 0 aromatic heterocycles. The van der Waals surface area contributed by atoms with Crippen LogP contribution in [0.5, 0.6) is 0 Å². The molecule has 1 amide bonds. The highest BCUT2D eigenvalue weighted by Gasteiger charge is 2.39. The molecule has 6 nitrogen and oxygen atoms in total. The standard InChI is InChI=1S/C17H25N3O3S.ClH/c1-19-24(22,23)15-7-5-11(6-8-15)17(21)20-16-12-3-2-4-13(16)10-14(18)9-12;/h5-8,12-14,16,19H,2-4,9-10,18H2,1H3,(H,20,21);1H. The third-order valence-electron chi connectivity index (χ3n) is 5.37. The normalized spacial score (nSPS) is 28.7. The van der Waals surface area contributed by atoms with E-state index in [0.29, 0.717) is 17.4 Å². The topological polar surface area (TPSA) is 101 Å². The highest BCUT2D eigenvalue weighted by molar-refractivity contribution is 7.89. The lowest BCUT2D eigenvalue weighted by Gasteiger charge is -2.45. The molecular formula is C17H26ClN3O3S. The summed E-state index contributed by atoms with van der Waals surface area (Å²) < 4.78 is 25.7. The van der Waals surface area contributed by atoms with Crippen molar-refractivity contribution in [3.05, 3.63) is 29.8 Å². The highest BCUT2D eigenvalue weighted by atomic mass is 35.5. The van der Waals surface area contributed by atoms with Crippen LogP contribution in [0.2, 0.25) is 0 Å². The maximum atomic E-state index is 12.5. The number of hydrogen-bond acceptors (Lipinski definition) is 4. The van der Waals surface area contributed by atoms with Crippen LogP contribution in [0.3, 0.4) is 0 Å². The van der Waals surface area contributed by atoms with Gasteiger partial charge in [-0.05, 0) is 68.8 Å². The van der Waals surface area contributed by atoms with Crippen LogP contribution in [0, 0.1) is 11.8 Å². The molecule has 2 unspecified atom stereocenters. The Hall–Kier alpha value is -1.15. The van der Waals surface area contributed by atoms with E-state index in [9.17, 15) is 13.2 Å². The fourth-order valence-electron chi connectivity index (χ4n) is 4.16. The predicted octanol–water partition coefficient (Wildman–Crippen LogP) is 1.65. The summed E-state index contributed by atoms with van der Waals surface area (Å²) in [6, 6.07) is 6.47. The molecule has 0 heterocycles. The largest absolute Gasteiger partial charge is 0.349 e. The lowest BCUT2D eigenvalue weighted by Crippen LogP contribution is -2.53. The number of benzene rings is 1. The number of carbonyl (C=O) groups excluding carboxylic acids is 1. The van der Waals surface area contributed by atoms with Gasteiger partial charge in [0.15, 0.2) is 0 Å². The van der Waals surface area contributed by atoms with Crippen LogP contribution in [0.25, 0.3) is 0 Å². The van der Waals surface area contributed by atoms with E-state index in [2.05, 4.69) is 10.0 Å². The zero-order valence-electron chi connectivity index (χ0n) is 14.3. The Morgan fingerprint density at radius 2 is 1.68 bits per heavy atom. The molecule has 2 atom stereocenters. The summed E-state index contributed by atoms with van der Waals surface area (Å²) in [5, 5.41) is 3.17. The zero-order chi connectivity index (χ0) is 17.3. The van der Waals surface area contributed by atoms with Gasteiger partial charge in [-0.2, -0.15) is 0 Å². The van der Waals surface area contributed by atoms with E-state index in [1.165, 1.54) is 25.6 Å². The van der Waals surface area contributed by atoms with E-state index in [1.807, 2.05) is 0 Å². The van der Waals surface area contributed by atoms with Crippen molar-refractivity contribution in [3.8, 4) is 0 Å². The summed E-state index contributed by atoms with van der Waals surface area (Å²) in [5.41, 5.74) is 6.61. The molecule has 4 N–H and O–H groups in total. The number of hydrogen-bond donors (Lipinski definition) is 3. The molecule has 0 radical (unpaired) electrons. The van der Waals surface area contributed by atoms with E-state index in [4.69, 9.17) is 5.73 Å². The van der Waals surface area contributed by atoms with Crippen molar-refractivity contribution >= 4 is 28.3 Å². The molecule has 3 rings (SSSR count). The van der Waals surface area contributed by atoms with Crippen LogP contribution in [0.15, 0.2) is 29.2 Å². The number of amides is 1. The molecule has 8 heteroatoms. The first-order valence-corrected chi connectivity index (χ1v) is 9.99. The van der Waals surface area contributed by atoms with Crippen LogP contribution in [-0.4, -0.2) is 33.5 Å². The van der Waals surface area contributed by atoms with Crippen molar-refractivity contribution in [2.24, 2.45) is 17.6 Å². The molecule has 1 aromatic rings. The minimum Gasteiger partial charge on any atom is -0.349 e. The van der Waals surface area contributed by atoms with Crippen molar-refractivity contribution in [1.29, 1.82) is 0 Å². The maximum Gasteiger partial charge on any atom is 0.251 e. The van der Waals surface area contributed by atoms with E-state index in [1.54, 1.807) is 12.1 Å². The molecule has 140 valence electrons. The number of fused-ring (bicyclic) bond motifs is 2. The summed E-state index contributed by atoms with van der Waals surface area (Å²) in [5.74, 6) is 0.779. The Kier molecular flexibility index (Phi) is 6.48. The van der Waals surface area contributed by atoms with Crippen molar-refractivity contribution in [2.75, 3.05) is 7.05 Å². The van der Waals surface area contributed by atoms with Gasteiger partial charge in [-0.1, -0.05) is 6.42 Å². The number of nitrogens with two attached hydrogens (primary N) is 1. The monoisotopic (exact) mass is 387 g/mol. The zero-order valence-corrected chi connectivity index (χ0v) is 15.9. The summed E-state index contributed by atoms with van der Waals surface area (Å²) >= 11 is 0. The third kappa shape index (κ3) is 4.34. The van der Waals surface area contributed by atoms with Gasteiger partial charge in [0.05, 0.1) is 4.90 Å². The molecule has 0 aliphatic heterocycles. The number of halogens is 1. The van der Waals surface area contributed by atoms with E-state index in [-0.39, 0.29) is 35.3 Å². The maximum absolute atomic E-state index is 12.5. The second kappa shape index (κ2) is 8.03. The van der Waals surface area contributed by atoms with E-state index >= 15 is 0 Å². The molecule has 2 aliphatic rings. The Bertz CT molecular complexity index is 694. The Morgan fingerprint density at radius 1 is 1.12 bits per heavy atom. The average Bonchev–Trinajstić information content (AvgIpc) is 2.55. The molecule has 0 spiro atoms. The average molecular weight is 388 g/mol. The first-order valence-electron chi connectivity index (χ1n) is 8.51. The molecule has 0 saturated heterocycles. The predicted molar refractivity (Wildman–Crippen MR) is 99.2 cm³/mol. The number of rotatable bonds is 4. The van der Waals surface area contributed by atoms with Crippen molar-refractivity contribution in [3.63, 3.8) is 0 Å². The van der Waals surface area contributed by atoms with Gasteiger partial charge in [-0.25, -0.2) is 13.1 Å². The van der Waals surface area contributed by atoms with Gasteiger partial charge < -0.3 is 11.1 Å². The van der Waals surface area contributed by atoms with Gasteiger partial charge in [0.1, 0.15) is 0 Å². The Morgan fingerprint density at radius 3 is 2.20 bits per heavy atom. The molecule has 2 aliphatic carbocycles. The lowest BCUT2D eigenvalue weighted by molar-refractivity contribution is 0.0756. The lowest BCUT2D eigenvalue weighted by atomic mass is 9.67. The van der Waals surface area contributed by atoms with Gasteiger partial charge in [0, 0.05) is 17.6 Å². The summed E-state index contributed by atoms with van der Waals surface area (Å²) in [6.45, 7) is 0. The van der Waals surface area contributed by atoms with Crippen LogP contribution in [0.1, 0.15) is 42.5 Å². The van der Waals surface area contributed by atoms with Gasteiger partial charge in [0.2, 0.25) is 10.0 Å². The van der Waals surface area contributed by atoms with E-state index < -0.39 is 10.0 Å². The van der Waals surface area contributed by atoms with Crippen molar-refractivity contribution in [2.45, 2.75) is 49.1 Å². The number of sulfonamides is 1. The Balaban J connectivity index is 0.00000225. The molecule has 2 fully saturated rings. The minimum atomic E-state index is -3.48. The van der Waals surface area contributed by atoms with Crippen LogP contribution >= 0.6 is 12.4 Å². The van der Waals surface area contributed by atoms with Crippen LogP contribution in [-0.2, 0) is 10.0 Å². The van der Waals surface area contributed by atoms with Gasteiger partial charge in [-0.3, -0.25) is 4.79 Å². The fraction of sp³-hybridized carbons (Fsp3) is 0.588. The second-order valence-corrected chi connectivity index (χ2v) is 8.80. The number of nitrogens with one attached hydrogen (secondary N) is 2. The molecule has 1 aromatic carbocycles. The number of carbonyl (C=O) groups is 1. The summed E-state index contributed by atoms with van der Waals surface area (Å²) in [6.07, 6.45) is 5.40. The molecular weight excluding hydrogens is 362 g/mol. The smallest absolute Gasteiger partial charge is 0.251 e. The van der Waals surface area contributed by atoms with Gasteiger partial charge in [0.25, 0.3) is 5.91 Å². The SMILES string of the molecule is CNS(=O)(=O)c1ccc(C(=O)NC2C3CCCC2CC(N)C3)cc1.Cl. The second-order valence-electron chi connectivity index (χ2n) is 6.91. The first-order chi connectivity index (χ1) is 11.4.